The third-order valence-electron chi connectivity index (χ3n) is 4.00. The van der Waals surface area contributed by atoms with Crippen molar-refractivity contribution in [3.05, 3.63) is 60.2 Å². The van der Waals surface area contributed by atoms with Crippen molar-refractivity contribution in [1.29, 1.82) is 0 Å². The zero-order valence-corrected chi connectivity index (χ0v) is 13.2. The van der Waals surface area contributed by atoms with Gasteiger partial charge in [-0.05, 0) is 54.5 Å². The summed E-state index contributed by atoms with van der Waals surface area (Å²) in [6.45, 7) is 2.34. The maximum Gasteiger partial charge on any atom is 0.127 e. The van der Waals surface area contributed by atoms with E-state index in [4.69, 9.17) is 4.74 Å². The second-order valence-corrected chi connectivity index (χ2v) is 6.57. The molecule has 0 aliphatic heterocycles. The summed E-state index contributed by atoms with van der Waals surface area (Å²) in [7, 11) is 0. The minimum atomic E-state index is 0.445. The van der Waals surface area contributed by atoms with E-state index in [1.807, 2.05) is 30.3 Å². The van der Waals surface area contributed by atoms with Crippen molar-refractivity contribution < 1.29 is 4.74 Å². The highest BCUT2D eigenvalue weighted by molar-refractivity contribution is 9.09. The van der Waals surface area contributed by atoms with Crippen molar-refractivity contribution in [2.75, 3.05) is 0 Å². The Morgan fingerprint density at radius 1 is 0.950 bits per heavy atom. The standard InChI is InChI=1S/C18H19BrO/c1-13(14-7-8-14)18(19)15-9-11-17(12-10-15)20-16-5-3-2-4-6-16/h2-6,9-14,18H,7-8H2,1H3. The van der Waals surface area contributed by atoms with Gasteiger partial charge in [-0.3, -0.25) is 0 Å². The van der Waals surface area contributed by atoms with Crippen LogP contribution in [0, 0.1) is 11.8 Å². The normalized spacial score (nSPS) is 17.5. The molecule has 1 saturated carbocycles. The summed E-state index contributed by atoms with van der Waals surface area (Å²) in [5.74, 6) is 3.37. The minimum Gasteiger partial charge on any atom is -0.457 e. The molecule has 2 heteroatoms. The van der Waals surface area contributed by atoms with Crippen LogP contribution in [0.4, 0.5) is 0 Å². The molecule has 3 rings (SSSR count). The van der Waals surface area contributed by atoms with Gasteiger partial charge in [0.2, 0.25) is 0 Å². The monoisotopic (exact) mass is 330 g/mol. The Morgan fingerprint density at radius 3 is 2.15 bits per heavy atom. The minimum absolute atomic E-state index is 0.445. The van der Waals surface area contributed by atoms with E-state index in [-0.39, 0.29) is 0 Å². The molecule has 0 heterocycles. The molecule has 20 heavy (non-hydrogen) atoms. The number of rotatable bonds is 5. The second-order valence-electron chi connectivity index (χ2n) is 5.58. The molecule has 0 saturated heterocycles. The van der Waals surface area contributed by atoms with Gasteiger partial charge in [0.15, 0.2) is 0 Å². The number of benzene rings is 2. The Balaban J connectivity index is 1.68. The molecule has 0 spiro atoms. The van der Waals surface area contributed by atoms with Gasteiger partial charge in [-0.2, -0.15) is 0 Å². The van der Waals surface area contributed by atoms with Gasteiger partial charge in [0.1, 0.15) is 11.5 Å². The van der Waals surface area contributed by atoms with Crippen LogP contribution in [-0.4, -0.2) is 0 Å². The number of ether oxygens (including phenoxy) is 1. The predicted octanol–water partition coefficient (Wildman–Crippen LogP) is 5.96. The fourth-order valence-corrected chi connectivity index (χ4v) is 3.25. The van der Waals surface area contributed by atoms with Crippen LogP contribution in [0.3, 0.4) is 0 Å². The van der Waals surface area contributed by atoms with Crippen molar-refractivity contribution in [2.45, 2.75) is 24.6 Å². The molecule has 2 atom stereocenters. The summed E-state index contributed by atoms with van der Waals surface area (Å²) in [6.07, 6.45) is 2.77. The fraction of sp³-hybridized carbons (Fsp3) is 0.333. The summed E-state index contributed by atoms with van der Waals surface area (Å²) in [6, 6.07) is 18.3. The zero-order chi connectivity index (χ0) is 13.9. The summed E-state index contributed by atoms with van der Waals surface area (Å²) >= 11 is 3.84. The first kappa shape index (κ1) is 13.7. The quantitative estimate of drug-likeness (QED) is 0.614. The highest BCUT2D eigenvalue weighted by Gasteiger charge is 2.32. The molecule has 0 amide bonds. The van der Waals surface area contributed by atoms with E-state index < -0.39 is 0 Å². The largest absolute Gasteiger partial charge is 0.457 e. The van der Waals surface area contributed by atoms with E-state index >= 15 is 0 Å². The summed E-state index contributed by atoms with van der Waals surface area (Å²) in [5, 5.41) is 0. The molecule has 2 unspecified atom stereocenters. The van der Waals surface area contributed by atoms with E-state index in [1.54, 1.807) is 0 Å². The lowest BCUT2D eigenvalue weighted by Crippen LogP contribution is -2.05. The molecule has 2 aromatic carbocycles. The molecule has 1 aliphatic rings. The lowest BCUT2D eigenvalue weighted by molar-refractivity contribution is 0.480. The summed E-state index contributed by atoms with van der Waals surface area (Å²) in [5.41, 5.74) is 1.34. The average molecular weight is 331 g/mol. The van der Waals surface area contributed by atoms with Crippen LogP contribution in [0.2, 0.25) is 0 Å². The van der Waals surface area contributed by atoms with E-state index in [1.165, 1.54) is 18.4 Å². The molecular weight excluding hydrogens is 312 g/mol. The average Bonchev–Trinajstić information content (AvgIpc) is 3.32. The number of para-hydroxylation sites is 1. The van der Waals surface area contributed by atoms with E-state index in [9.17, 15) is 0 Å². The first-order chi connectivity index (χ1) is 9.74. The molecule has 1 nitrogen and oxygen atoms in total. The van der Waals surface area contributed by atoms with Gasteiger partial charge < -0.3 is 4.74 Å². The van der Waals surface area contributed by atoms with E-state index in [0.29, 0.717) is 10.7 Å². The topological polar surface area (TPSA) is 9.23 Å². The van der Waals surface area contributed by atoms with Gasteiger partial charge >= 0.3 is 0 Å². The van der Waals surface area contributed by atoms with Crippen LogP contribution in [0.25, 0.3) is 0 Å². The van der Waals surface area contributed by atoms with Crippen LogP contribution in [0.15, 0.2) is 54.6 Å². The Bertz CT molecular complexity index is 545. The van der Waals surface area contributed by atoms with Crippen molar-refractivity contribution in [1.82, 2.24) is 0 Å². The maximum atomic E-state index is 5.82. The molecule has 1 fully saturated rings. The number of alkyl halides is 1. The predicted molar refractivity (Wildman–Crippen MR) is 86.5 cm³/mol. The van der Waals surface area contributed by atoms with Crippen LogP contribution in [-0.2, 0) is 0 Å². The van der Waals surface area contributed by atoms with Crippen LogP contribution in [0.1, 0.15) is 30.2 Å². The van der Waals surface area contributed by atoms with Gasteiger partial charge in [-0.15, -0.1) is 0 Å². The Morgan fingerprint density at radius 2 is 1.55 bits per heavy atom. The van der Waals surface area contributed by atoms with Crippen molar-refractivity contribution in [2.24, 2.45) is 11.8 Å². The lowest BCUT2D eigenvalue weighted by Gasteiger charge is -2.18. The van der Waals surface area contributed by atoms with Gasteiger partial charge in [0, 0.05) is 4.83 Å². The highest BCUT2D eigenvalue weighted by atomic mass is 79.9. The molecule has 0 bridgehead atoms. The van der Waals surface area contributed by atoms with Crippen molar-refractivity contribution in [3.63, 3.8) is 0 Å². The van der Waals surface area contributed by atoms with Crippen molar-refractivity contribution >= 4 is 15.9 Å². The smallest absolute Gasteiger partial charge is 0.127 e. The van der Waals surface area contributed by atoms with Gasteiger partial charge in [-0.1, -0.05) is 53.2 Å². The molecule has 104 valence electrons. The highest BCUT2D eigenvalue weighted by Crippen LogP contribution is 2.46. The van der Waals surface area contributed by atoms with E-state index in [2.05, 4.69) is 47.1 Å². The molecule has 0 N–H and O–H groups in total. The molecule has 0 aromatic heterocycles. The van der Waals surface area contributed by atoms with Gasteiger partial charge in [-0.25, -0.2) is 0 Å². The van der Waals surface area contributed by atoms with E-state index in [0.717, 1.165) is 17.4 Å². The molecule has 1 aliphatic carbocycles. The first-order valence-electron chi connectivity index (χ1n) is 7.21. The van der Waals surface area contributed by atoms with Gasteiger partial charge in [0.25, 0.3) is 0 Å². The third-order valence-corrected chi connectivity index (χ3v) is 5.37. The lowest BCUT2D eigenvalue weighted by atomic mass is 9.96. The SMILES string of the molecule is CC(C1CC1)C(Br)c1ccc(Oc2ccccc2)cc1. The molecule has 0 radical (unpaired) electrons. The number of halogens is 1. The first-order valence-corrected chi connectivity index (χ1v) is 8.12. The summed E-state index contributed by atoms with van der Waals surface area (Å²) in [4.78, 5) is 0.445. The van der Waals surface area contributed by atoms with Crippen LogP contribution < -0.4 is 4.74 Å². The Hall–Kier alpha value is -1.28. The Kier molecular flexibility index (Phi) is 4.11. The molecule has 2 aromatic rings. The van der Waals surface area contributed by atoms with Crippen LogP contribution >= 0.6 is 15.9 Å². The fourth-order valence-electron chi connectivity index (χ4n) is 2.51. The molecular formula is C18H19BrO. The third kappa shape index (κ3) is 3.24. The second kappa shape index (κ2) is 6.01. The maximum absolute atomic E-state index is 5.82. The zero-order valence-electron chi connectivity index (χ0n) is 11.6. The Labute approximate surface area is 129 Å². The van der Waals surface area contributed by atoms with Gasteiger partial charge in [0.05, 0.1) is 0 Å². The number of hydrogen-bond donors (Lipinski definition) is 0. The van der Waals surface area contributed by atoms with Crippen molar-refractivity contribution in [3.8, 4) is 11.5 Å². The number of hydrogen-bond acceptors (Lipinski definition) is 1. The van der Waals surface area contributed by atoms with Crippen LogP contribution in [0.5, 0.6) is 11.5 Å². The summed E-state index contributed by atoms with van der Waals surface area (Å²) < 4.78 is 5.82.